The average molecular weight is 209 g/mol. The normalized spacial score (nSPS) is 8.69. The minimum Gasteiger partial charge on any atom is -1.00 e. The van der Waals surface area contributed by atoms with Gasteiger partial charge in [0.1, 0.15) is 12.4 Å². The molecule has 0 amide bonds. The molecule has 0 atom stereocenters. The van der Waals surface area contributed by atoms with Crippen molar-refractivity contribution >= 4 is 11.7 Å². The third-order valence-corrected chi connectivity index (χ3v) is 1.30. The molecule has 0 saturated carbocycles. The summed E-state index contributed by atoms with van der Waals surface area (Å²) in [6.07, 6.45) is 0. The van der Waals surface area contributed by atoms with E-state index in [1.54, 1.807) is 12.1 Å². The maximum atomic E-state index is 12.8. The van der Waals surface area contributed by atoms with Gasteiger partial charge in [0.15, 0.2) is 0 Å². The monoisotopic (exact) mass is 209 g/mol. The van der Waals surface area contributed by atoms with Crippen molar-refractivity contribution in [3.8, 4) is 0 Å². The second-order valence-electron chi connectivity index (χ2n) is 2.23. The molecule has 1 rings (SSSR count). The number of carboxylic acid groups (broad SMARTS) is 1. The Morgan fingerprint density at radius 2 is 2.15 bits per heavy atom. The Morgan fingerprint density at radius 1 is 1.54 bits per heavy atom. The molecule has 0 radical (unpaired) electrons. The summed E-state index contributed by atoms with van der Waals surface area (Å²) in [4.78, 5) is 10.1. The Hall–Kier alpha value is 0.0564. The molecule has 3 nitrogen and oxygen atoms in total. The third kappa shape index (κ3) is 4.73. The van der Waals surface area contributed by atoms with Gasteiger partial charge in [0.25, 0.3) is 0 Å². The van der Waals surface area contributed by atoms with Gasteiger partial charge in [0, 0.05) is 0 Å². The van der Waals surface area contributed by atoms with Gasteiger partial charge in [0.2, 0.25) is 0 Å². The summed E-state index contributed by atoms with van der Waals surface area (Å²) < 4.78 is 12.8. The third-order valence-electron chi connectivity index (χ3n) is 1.30. The average Bonchev–Trinajstić information content (AvgIpc) is 2.03. The van der Waals surface area contributed by atoms with Crippen LogP contribution in [0.4, 0.5) is 10.1 Å². The standard InChI is InChI=1S/C8H8FNO2.K.H/c9-6-3-1-2-4-7(6)10-5-8(11)12;;/h1-4,10H,5H2,(H,11,12);;/q;+1;-1. The zero-order valence-electron chi connectivity index (χ0n) is 8.25. The van der Waals surface area contributed by atoms with Crippen molar-refractivity contribution in [1.29, 1.82) is 0 Å². The molecule has 0 saturated heterocycles. The van der Waals surface area contributed by atoms with Crippen molar-refractivity contribution in [3.63, 3.8) is 0 Å². The van der Waals surface area contributed by atoms with E-state index in [0.717, 1.165) is 0 Å². The van der Waals surface area contributed by atoms with E-state index in [9.17, 15) is 9.18 Å². The van der Waals surface area contributed by atoms with Crippen molar-refractivity contribution in [2.24, 2.45) is 0 Å². The van der Waals surface area contributed by atoms with E-state index in [1.807, 2.05) is 0 Å². The number of benzene rings is 1. The Kier molecular flexibility index (Phi) is 6.53. The molecule has 5 heteroatoms. The van der Waals surface area contributed by atoms with Crippen LogP contribution >= 0.6 is 0 Å². The van der Waals surface area contributed by atoms with E-state index in [4.69, 9.17) is 5.11 Å². The molecular formula is C8H9FKNO2. The van der Waals surface area contributed by atoms with Gasteiger partial charge < -0.3 is 11.8 Å². The number of halogens is 1. The Bertz CT molecular complexity index is 298. The Labute approximate surface area is 119 Å². The summed E-state index contributed by atoms with van der Waals surface area (Å²) >= 11 is 0. The van der Waals surface area contributed by atoms with Gasteiger partial charge in [-0.05, 0) is 12.1 Å². The van der Waals surface area contributed by atoms with Crippen molar-refractivity contribution in [1.82, 2.24) is 0 Å². The molecule has 0 heterocycles. The number of nitrogens with one attached hydrogen (secondary N) is 1. The summed E-state index contributed by atoms with van der Waals surface area (Å²) in [6, 6.07) is 5.93. The number of hydrogen-bond donors (Lipinski definition) is 2. The first-order valence-electron chi connectivity index (χ1n) is 3.40. The topological polar surface area (TPSA) is 49.3 Å². The first-order valence-corrected chi connectivity index (χ1v) is 3.40. The van der Waals surface area contributed by atoms with Crippen LogP contribution in [-0.2, 0) is 4.79 Å². The number of rotatable bonds is 3. The second kappa shape index (κ2) is 6.50. The predicted octanol–water partition coefficient (Wildman–Crippen LogP) is -1.56. The summed E-state index contributed by atoms with van der Waals surface area (Å²) in [5.74, 6) is -1.46. The maximum Gasteiger partial charge on any atom is 1.00 e. The smallest absolute Gasteiger partial charge is 1.00 e. The quantitative estimate of drug-likeness (QED) is 0.592. The minimum atomic E-state index is -1.02. The Balaban J connectivity index is 0. The van der Waals surface area contributed by atoms with Crippen LogP contribution in [0.25, 0.3) is 0 Å². The van der Waals surface area contributed by atoms with Crippen LogP contribution in [0.3, 0.4) is 0 Å². The largest absolute Gasteiger partial charge is 1.00 e. The number of para-hydroxylation sites is 1. The second-order valence-corrected chi connectivity index (χ2v) is 2.23. The van der Waals surface area contributed by atoms with Crippen molar-refractivity contribution < 1.29 is 67.1 Å². The van der Waals surface area contributed by atoms with Gasteiger partial charge in [-0.2, -0.15) is 0 Å². The molecule has 0 spiro atoms. The molecule has 0 aromatic heterocycles. The van der Waals surface area contributed by atoms with E-state index < -0.39 is 11.8 Å². The first-order chi connectivity index (χ1) is 5.70. The fourth-order valence-electron chi connectivity index (χ4n) is 0.775. The van der Waals surface area contributed by atoms with E-state index >= 15 is 0 Å². The Morgan fingerprint density at radius 3 is 2.69 bits per heavy atom. The predicted molar refractivity (Wildman–Crippen MR) is 43.6 cm³/mol. The number of aliphatic carboxylic acids is 1. The van der Waals surface area contributed by atoms with Gasteiger partial charge in [-0.1, -0.05) is 12.1 Å². The van der Waals surface area contributed by atoms with E-state index in [-0.39, 0.29) is 65.0 Å². The molecular weight excluding hydrogens is 200 g/mol. The molecule has 66 valence electrons. The minimum absolute atomic E-state index is 0. The van der Waals surface area contributed by atoms with Crippen molar-refractivity contribution in [2.45, 2.75) is 0 Å². The molecule has 0 unspecified atom stereocenters. The van der Waals surface area contributed by atoms with Gasteiger partial charge in [-0.15, -0.1) is 0 Å². The number of carboxylic acids is 1. The van der Waals surface area contributed by atoms with Crippen LogP contribution in [0.2, 0.25) is 0 Å². The van der Waals surface area contributed by atoms with Crippen LogP contribution in [0.5, 0.6) is 0 Å². The number of carbonyl (C=O) groups is 1. The molecule has 0 aliphatic rings. The van der Waals surface area contributed by atoms with E-state index in [0.29, 0.717) is 0 Å². The molecule has 1 aromatic rings. The van der Waals surface area contributed by atoms with Gasteiger partial charge >= 0.3 is 57.4 Å². The van der Waals surface area contributed by atoms with Crippen molar-refractivity contribution in [2.75, 3.05) is 11.9 Å². The summed E-state index contributed by atoms with van der Waals surface area (Å²) in [5, 5.41) is 10.7. The van der Waals surface area contributed by atoms with Gasteiger partial charge in [0.05, 0.1) is 5.69 Å². The molecule has 13 heavy (non-hydrogen) atoms. The maximum absolute atomic E-state index is 12.8. The molecule has 0 bridgehead atoms. The van der Waals surface area contributed by atoms with Gasteiger partial charge in [-0.3, -0.25) is 4.79 Å². The van der Waals surface area contributed by atoms with Crippen LogP contribution in [0.1, 0.15) is 1.43 Å². The zero-order valence-corrected chi connectivity index (χ0v) is 10.4. The van der Waals surface area contributed by atoms with Crippen molar-refractivity contribution in [3.05, 3.63) is 30.1 Å². The fraction of sp³-hybridized carbons (Fsp3) is 0.125. The van der Waals surface area contributed by atoms with Gasteiger partial charge in [-0.25, -0.2) is 4.39 Å². The van der Waals surface area contributed by atoms with Crippen LogP contribution in [0, 0.1) is 5.82 Å². The van der Waals surface area contributed by atoms with Crippen LogP contribution in [0.15, 0.2) is 24.3 Å². The summed E-state index contributed by atoms with van der Waals surface area (Å²) in [6.45, 7) is -0.277. The molecule has 0 aliphatic carbocycles. The fourth-order valence-corrected chi connectivity index (χ4v) is 0.775. The molecule has 2 N–H and O–H groups in total. The molecule has 0 fully saturated rings. The summed E-state index contributed by atoms with van der Waals surface area (Å²) in [7, 11) is 0. The first kappa shape index (κ1) is 13.1. The van der Waals surface area contributed by atoms with Crippen LogP contribution in [-0.4, -0.2) is 17.6 Å². The zero-order chi connectivity index (χ0) is 8.97. The van der Waals surface area contributed by atoms with E-state index in [2.05, 4.69) is 5.32 Å². The molecule has 1 aromatic carbocycles. The number of anilines is 1. The van der Waals surface area contributed by atoms with Crippen LogP contribution < -0.4 is 56.7 Å². The van der Waals surface area contributed by atoms with E-state index in [1.165, 1.54) is 12.1 Å². The summed E-state index contributed by atoms with van der Waals surface area (Å²) in [5.41, 5.74) is 0.208. The molecule has 0 aliphatic heterocycles. The number of hydrogen-bond acceptors (Lipinski definition) is 2. The SMILES string of the molecule is O=C(O)CNc1ccccc1F.[H-].[K+].